The van der Waals surface area contributed by atoms with Crippen LogP contribution in [0.25, 0.3) is 0 Å². The van der Waals surface area contributed by atoms with Gasteiger partial charge in [-0.1, -0.05) is 19.1 Å². The van der Waals surface area contributed by atoms with Gasteiger partial charge in [0.05, 0.1) is 12.8 Å². The van der Waals surface area contributed by atoms with Crippen LogP contribution in [0, 0.1) is 12.7 Å². The van der Waals surface area contributed by atoms with Crippen LogP contribution in [0.4, 0.5) is 4.39 Å². The van der Waals surface area contributed by atoms with E-state index in [1.165, 1.54) is 6.07 Å². The van der Waals surface area contributed by atoms with Gasteiger partial charge in [-0.2, -0.15) is 0 Å². The summed E-state index contributed by atoms with van der Waals surface area (Å²) in [6.45, 7) is 5.87. The first-order valence-corrected chi connectivity index (χ1v) is 7.14. The van der Waals surface area contributed by atoms with Crippen LogP contribution in [0.1, 0.15) is 35.0 Å². The van der Waals surface area contributed by atoms with Crippen LogP contribution in [0.15, 0.2) is 41.0 Å². The molecule has 4 heteroatoms. The summed E-state index contributed by atoms with van der Waals surface area (Å²) < 4.78 is 18.8. The highest BCUT2D eigenvalue weighted by Gasteiger charge is 2.11. The largest absolute Gasteiger partial charge is 0.468 e. The molecule has 0 aliphatic heterocycles. The molecule has 0 aliphatic carbocycles. The van der Waals surface area contributed by atoms with Crippen molar-refractivity contribution >= 4 is 5.78 Å². The summed E-state index contributed by atoms with van der Waals surface area (Å²) in [6, 6.07) is 8.41. The molecular weight excluding hydrogens is 269 g/mol. The van der Waals surface area contributed by atoms with Gasteiger partial charge >= 0.3 is 0 Å². The van der Waals surface area contributed by atoms with Crippen LogP contribution in [-0.2, 0) is 6.54 Å². The molecule has 0 fully saturated rings. The second-order valence-electron chi connectivity index (χ2n) is 5.09. The fourth-order valence-corrected chi connectivity index (χ4v) is 2.14. The van der Waals surface area contributed by atoms with Gasteiger partial charge in [-0.15, -0.1) is 0 Å². The Labute approximate surface area is 124 Å². The first-order valence-electron chi connectivity index (χ1n) is 7.14. The van der Waals surface area contributed by atoms with E-state index in [0.29, 0.717) is 30.6 Å². The standard InChI is InChI=1S/C17H20FNO2/c1-3-19(12-15-5-4-10-21-15)9-8-17(20)14-7-6-13(2)16(18)11-14/h4-7,10-11H,3,8-9,12H2,1-2H3. The number of nitrogens with zero attached hydrogens (tertiary/aromatic N) is 1. The van der Waals surface area contributed by atoms with Crippen molar-refractivity contribution in [1.29, 1.82) is 0 Å². The number of carbonyl (C=O) groups is 1. The van der Waals surface area contributed by atoms with E-state index in [2.05, 4.69) is 4.90 Å². The Morgan fingerprint density at radius 3 is 2.76 bits per heavy atom. The molecule has 0 bridgehead atoms. The number of halogens is 1. The monoisotopic (exact) mass is 289 g/mol. The van der Waals surface area contributed by atoms with E-state index in [4.69, 9.17) is 4.42 Å². The maximum absolute atomic E-state index is 13.5. The average Bonchev–Trinajstić information content (AvgIpc) is 2.99. The maximum Gasteiger partial charge on any atom is 0.164 e. The van der Waals surface area contributed by atoms with E-state index in [1.54, 1.807) is 25.3 Å². The topological polar surface area (TPSA) is 33.5 Å². The van der Waals surface area contributed by atoms with Crippen molar-refractivity contribution < 1.29 is 13.6 Å². The van der Waals surface area contributed by atoms with Crippen LogP contribution in [0.2, 0.25) is 0 Å². The van der Waals surface area contributed by atoms with Crippen LogP contribution in [-0.4, -0.2) is 23.8 Å². The number of furan rings is 1. The summed E-state index contributed by atoms with van der Waals surface area (Å²) in [5.41, 5.74) is 0.992. The molecule has 112 valence electrons. The Balaban J connectivity index is 1.91. The Kier molecular flexibility index (Phi) is 5.28. The lowest BCUT2D eigenvalue weighted by atomic mass is 10.1. The molecule has 21 heavy (non-hydrogen) atoms. The molecule has 1 aromatic carbocycles. The Morgan fingerprint density at radius 1 is 1.33 bits per heavy atom. The molecule has 0 saturated heterocycles. The number of hydrogen-bond acceptors (Lipinski definition) is 3. The third-order valence-electron chi connectivity index (χ3n) is 3.56. The van der Waals surface area contributed by atoms with Crippen LogP contribution >= 0.6 is 0 Å². The molecule has 1 aromatic heterocycles. The van der Waals surface area contributed by atoms with Crippen molar-refractivity contribution in [3.8, 4) is 0 Å². The fourth-order valence-electron chi connectivity index (χ4n) is 2.14. The summed E-state index contributed by atoms with van der Waals surface area (Å²) in [5.74, 6) is 0.515. The van der Waals surface area contributed by atoms with Crippen LogP contribution < -0.4 is 0 Å². The summed E-state index contributed by atoms with van der Waals surface area (Å²) in [6.07, 6.45) is 2.01. The lowest BCUT2D eigenvalue weighted by molar-refractivity contribution is 0.0961. The SMILES string of the molecule is CCN(CCC(=O)c1ccc(C)c(F)c1)Cc1ccco1. The van der Waals surface area contributed by atoms with Gasteiger partial charge < -0.3 is 4.42 Å². The molecule has 0 N–H and O–H groups in total. The van der Waals surface area contributed by atoms with Gasteiger partial charge in [-0.05, 0) is 37.2 Å². The number of ketones is 1. The molecule has 0 radical (unpaired) electrons. The van der Waals surface area contributed by atoms with E-state index >= 15 is 0 Å². The van der Waals surface area contributed by atoms with Gasteiger partial charge in [0.15, 0.2) is 5.78 Å². The first kappa shape index (κ1) is 15.4. The molecule has 2 rings (SSSR count). The third-order valence-corrected chi connectivity index (χ3v) is 3.56. The smallest absolute Gasteiger partial charge is 0.164 e. The molecule has 0 spiro atoms. The summed E-state index contributed by atoms with van der Waals surface area (Å²) in [4.78, 5) is 14.2. The van der Waals surface area contributed by atoms with Gasteiger partial charge in [-0.3, -0.25) is 9.69 Å². The number of Topliss-reactive ketones (excluding diaryl/α,β-unsaturated/α-hetero) is 1. The lowest BCUT2D eigenvalue weighted by Gasteiger charge is -2.18. The molecule has 1 heterocycles. The first-order chi connectivity index (χ1) is 10.1. The van der Waals surface area contributed by atoms with Gasteiger partial charge in [0.1, 0.15) is 11.6 Å². The van der Waals surface area contributed by atoms with Gasteiger partial charge in [0.25, 0.3) is 0 Å². The molecule has 0 amide bonds. The van der Waals surface area contributed by atoms with E-state index in [0.717, 1.165) is 12.3 Å². The Morgan fingerprint density at radius 2 is 2.14 bits per heavy atom. The third kappa shape index (κ3) is 4.26. The Hall–Kier alpha value is -1.94. The van der Waals surface area contributed by atoms with Crippen LogP contribution in [0.5, 0.6) is 0 Å². The average molecular weight is 289 g/mol. The number of aryl methyl sites for hydroxylation is 1. The quantitative estimate of drug-likeness (QED) is 0.726. The number of carbonyl (C=O) groups excluding carboxylic acids is 1. The molecule has 2 aromatic rings. The normalized spacial score (nSPS) is 11.0. The van der Waals surface area contributed by atoms with Crippen molar-refractivity contribution in [2.75, 3.05) is 13.1 Å². The fraction of sp³-hybridized carbons (Fsp3) is 0.353. The highest BCUT2D eigenvalue weighted by molar-refractivity contribution is 5.96. The lowest BCUT2D eigenvalue weighted by Crippen LogP contribution is -2.25. The van der Waals surface area contributed by atoms with Crippen molar-refractivity contribution in [1.82, 2.24) is 4.90 Å². The predicted molar refractivity (Wildman–Crippen MR) is 79.7 cm³/mol. The summed E-state index contributed by atoms with van der Waals surface area (Å²) >= 11 is 0. The van der Waals surface area contributed by atoms with E-state index in [-0.39, 0.29) is 11.6 Å². The number of hydrogen-bond donors (Lipinski definition) is 0. The van der Waals surface area contributed by atoms with Crippen molar-refractivity contribution in [2.45, 2.75) is 26.8 Å². The van der Waals surface area contributed by atoms with Crippen molar-refractivity contribution in [3.63, 3.8) is 0 Å². The molecular formula is C17H20FNO2. The maximum atomic E-state index is 13.5. The second kappa shape index (κ2) is 7.18. The zero-order chi connectivity index (χ0) is 15.2. The van der Waals surface area contributed by atoms with E-state index in [9.17, 15) is 9.18 Å². The molecule has 0 saturated carbocycles. The number of rotatable bonds is 7. The van der Waals surface area contributed by atoms with E-state index < -0.39 is 0 Å². The molecule has 3 nitrogen and oxygen atoms in total. The van der Waals surface area contributed by atoms with Gasteiger partial charge in [0.2, 0.25) is 0 Å². The van der Waals surface area contributed by atoms with Crippen LogP contribution in [0.3, 0.4) is 0 Å². The molecule has 0 aliphatic rings. The Bertz CT molecular complexity index is 593. The minimum absolute atomic E-state index is 0.0354. The zero-order valence-electron chi connectivity index (χ0n) is 12.4. The zero-order valence-corrected chi connectivity index (χ0v) is 12.4. The summed E-state index contributed by atoms with van der Waals surface area (Å²) in [5, 5.41) is 0. The van der Waals surface area contributed by atoms with Gasteiger partial charge in [0, 0.05) is 18.5 Å². The highest BCUT2D eigenvalue weighted by Crippen LogP contribution is 2.12. The molecule has 0 unspecified atom stereocenters. The minimum Gasteiger partial charge on any atom is -0.468 e. The summed E-state index contributed by atoms with van der Waals surface area (Å²) in [7, 11) is 0. The highest BCUT2D eigenvalue weighted by atomic mass is 19.1. The van der Waals surface area contributed by atoms with Gasteiger partial charge in [-0.25, -0.2) is 4.39 Å². The minimum atomic E-state index is -0.330. The number of benzene rings is 1. The van der Waals surface area contributed by atoms with Crippen molar-refractivity contribution in [3.05, 3.63) is 59.3 Å². The van der Waals surface area contributed by atoms with Crippen molar-refractivity contribution in [2.24, 2.45) is 0 Å². The molecule has 0 atom stereocenters. The van der Waals surface area contributed by atoms with E-state index in [1.807, 2.05) is 19.1 Å². The second-order valence-corrected chi connectivity index (χ2v) is 5.09. The predicted octanol–water partition coefficient (Wildman–Crippen LogP) is 3.82.